The van der Waals surface area contributed by atoms with Crippen LogP contribution in [0.25, 0.3) is 0 Å². The quantitative estimate of drug-likeness (QED) is 0.760. The summed E-state index contributed by atoms with van der Waals surface area (Å²) in [4.78, 5) is 0. The van der Waals surface area contributed by atoms with E-state index >= 15 is 0 Å². The second kappa shape index (κ2) is 4.73. The fraction of sp³-hybridized carbons (Fsp3) is 0.400. The highest BCUT2D eigenvalue weighted by atomic mass is 35.5. The number of rotatable bonds is 3. The lowest BCUT2D eigenvalue weighted by Gasteiger charge is -2.16. The van der Waals surface area contributed by atoms with E-state index in [1.165, 1.54) is 6.07 Å². The standard InChI is InChI=1S/C10H12ClFO2/c1-6-3-2-4-7(9(6)12)10(14)8(13)5-11/h2-4,8,10,13-14H,5H2,1H3. The number of aliphatic hydroxyl groups is 2. The van der Waals surface area contributed by atoms with Gasteiger partial charge in [0.05, 0.1) is 12.0 Å². The van der Waals surface area contributed by atoms with Crippen LogP contribution in [0.1, 0.15) is 17.2 Å². The Morgan fingerprint density at radius 3 is 2.64 bits per heavy atom. The van der Waals surface area contributed by atoms with Crippen molar-refractivity contribution >= 4 is 11.6 Å². The Labute approximate surface area is 86.9 Å². The predicted molar refractivity (Wildman–Crippen MR) is 52.8 cm³/mol. The summed E-state index contributed by atoms with van der Waals surface area (Å²) in [7, 11) is 0. The Kier molecular flexibility index (Phi) is 3.86. The summed E-state index contributed by atoms with van der Waals surface area (Å²) in [5.74, 6) is -0.627. The molecule has 0 radical (unpaired) electrons. The van der Waals surface area contributed by atoms with Crippen molar-refractivity contribution in [2.24, 2.45) is 0 Å². The first-order valence-electron chi connectivity index (χ1n) is 4.25. The van der Waals surface area contributed by atoms with Crippen LogP contribution in [0.5, 0.6) is 0 Å². The first-order valence-corrected chi connectivity index (χ1v) is 4.78. The van der Waals surface area contributed by atoms with Gasteiger partial charge in [0.25, 0.3) is 0 Å². The van der Waals surface area contributed by atoms with Gasteiger partial charge in [0, 0.05) is 5.56 Å². The Morgan fingerprint density at radius 1 is 1.43 bits per heavy atom. The molecule has 0 heterocycles. The molecule has 78 valence electrons. The van der Waals surface area contributed by atoms with Crippen LogP contribution in [-0.4, -0.2) is 22.2 Å². The minimum absolute atomic E-state index is 0.0816. The molecule has 14 heavy (non-hydrogen) atoms. The molecule has 1 rings (SSSR count). The average Bonchev–Trinajstić information content (AvgIpc) is 2.20. The molecule has 2 N–H and O–H groups in total. The molecule has 0 bridgehead atoms. The van der Waals surface area contributed by atoms with Crippen LogP contribution in [0, 0.1) is 12.7 Å². The third-order valence-electron chi connectivity index (χ3n) is 2.06. The van der Waals surface area contributed by atoms with E-state index in [-0.39, 0.29) is 11.4 Å². The Balaban J connectivity index is 3.01. The number of benzene rings is 1. The molecule has 0 aromatic heterocycles. The van der Waals surface area contributed by atoms with E-state index in [1.807, 2.05) is 0 Å². The van der Waals surface area contributed by atoms with Gasteiger partial charge in [-0.1, -0.05) is 18.2 Å². The smallest absolute Gasteiger partial charge is 0.132 e. The second-order valence-corrected chi connectivity index (χ2v) is 3.45. The van der Waals surface area contributed by atoms with Gasteiger partial charge in [-0.05, 0) is 12.5 Å². The number of hydrogen-bond acceptors (Lipinski definition) is 2. The number of alkyl halides is 1. The number of halogens is 2. The van der Waals surface area contributed by atoms with E-state index in [1.54, 1.807) is 19.1 Å². The van der Waals surface area contributed by atoms with E-state index in [0.29, 0.717) is 5.56 Å². The maximum absolute atomic E-state index is 13.4. The third kappa shape index (κ3) is 2.23. The van der Waals surface area contributed by atoms with E-state index < -0.39 is 18.0 Å². The van der Waals surface area contributed by atoms with Gasteiger partial charge in [0.15, 0.2) is 0 Å². The largest absolute Gasteiger partial charge is 0.389 e. The third-order valence-corrected chi connectivity index (χ3v) is 2.38. The molecule has 0 saturated heterocycles. The predicted octanol–water partition coefficient (Wildman–Crippen LogP) is 1.77. The van der Waals surface area contributed by atoms with Gasteiger partial charge in [0.1, 0.15) is 11.9 Å². The summed E-state index contributed by atoms with van der Waals surface area (Å²) in [5.41, 5.74) is 0.515. The molecule has 0 aliphatic rings. The van der Waals surface area contributed by atoms with Crippen molar-refractivity contribution in [2.45, 2.75) is 19.1 Å². The lowest BCUT2D eigenvalue weighted by molar-refractivity contribution is 0.0304. The minimum Gasteiger partial charge on any atom is -0.389 e. The van der Waals surface area contributed by atoms with Crippen molar-refractivity contribution in [1.82, 2.24) is 0 Å². The fourth-order valence-electron chi connectivity index (χ4n) is 1.19. The van der Waals surface area contributed by atoms with Crippen molar-refractivity contribution in [2.75, 3.05) is 5.88 Å². The van der Waals surface area contributed by atoms with Crippen LogP contribution in [0.3, 0.4) is 0 Å². The van der Waals surface area contributed by atoms with E-state index in [4.69, 9.17) is 11.6 Å². The van der Waals surface area contributed by atoms with E-state index in [0.717, 1.165) is 0 Å². The van der Waals surface area contributed by atoms with E-state index in [2.05, 4.69) is 0 Å². The van der Waals surface area contributed by atoms with E-state index in [9.17, 15) is 14.6 Å². The summed E-state index contributed by atoms with van der Waals surface area (Å²) in [6.07, 6.45) is -2.42. The highest BCUT2D eigenvalue weighted by Crippen LogP contribution is 2.22. The van der Waals surface area contributed by atoms with Crippen molar-refractivity contribution in [3.63, 3.8) is 0 Å². The molecule has 2 nitrogen and oxygen atoms in total. The SMILES string of the molecule is Cc1cccc(C(O)C(O)CCl)c1F. The highest BCUT2D eigenvalue weighted by Gasteiger charge is 2.21. The van der Waals surface area contributed by atoms with Crippen LogP contribution < -0.4 is 0 Å². The van der Waals surface area contributed by atoms with Gasteiger partial charge < -0.3 is 10.2 Å². The number of aryl methyl sites for hydroxylation is 1. The fourth-order valence-corrected chi connectivity index (χ4v) is 1.36. The molecule has 0 fully saturated rings. The highest BCUT2D eigenvalue weighted by molar-refractivity contribution is 6.18. The summed E-state index contributed by atoms with van der Waals surface area (Å²) < 4.78 is 13.4. The van der Waals surface area contributed by atoms with Crippen molar-refractivity contribution < 1.29 is 14.6 Å². The van der Waals surface area contributed by atoms with Crippen LogP contribution in [0.2, 0.25) is 0 Å². The minimum atomic E-state index is -1.27. The second-order valence-electron chi connectivity index (χ2n) is 3.14. The van der Waals surface area contributed by atoms with Gasteiger partial charge in [0.2, 0.25) is 0 Å². The zero-order valence-electron chi connectivity index (χ0n) is 7.74. The molecule has 0 aliphatic heterocycles. The first kappa shape index (κ1) is 11.4. The van der Waals surface area contributed by atoms with Crippen molar-refractivity contribution in [1.29, 1.82) is 0 Å². The molecule has 0 spiro atoms. The van der Waals surface area contributed by atoms with Crippen molar-refractivity contribution in [3.05, 3.63) is 35.1 Å². The molecular weight excluding hydrogens is 207 g/mol. The normalized spacial score (nSPS) is 15.2. The summed E-state index contributed by atoms with van der Waals surface area (Å²) >= 11 is 5.36. The summed E-state index contributed by atoms with van der Waals surface area (Å²) in [6.45, 7) is 1.60. The average molecular weight is 219 g/mol. The lowest BCUT2D eigenvalue weighted by Crippen LogP contribution is -2.20. The Morgan fingerprint density at radius 2 is 2.07 bits per heavy atom. The molecule has 4 heteroatoms. The first-order chi connectivity index (χ1) is 6.57. The van der Waals surface area contributed by atoms with Crippen LogP contribution >= 0.6 is 11.6 Å². The maximum Gasteiger partial charge on any atom is 0.132 e. The van der Waals surface area contributed by atoms with Gasteiger partial charge in [-0.2, -0.15) is 0 Å². The van der Waals surface area contributed by atoms with Gasteiger partial charge in [-0.3, -0.25) is 0 Å². The molecular formula is C10H12ClFO2. The molecule has 2 unspecified atom stereocenters. The lowest BCUT2D eigenvalue weighted by atomic mass is 10.0. The molecule has 0 saturated carbocycles. The van der Waals surface area contributed by atoms with Crippen LogP contribution in [-0.2, 0) is 0 Å². The summed E-state index contributed by atoms with van der Waals surface area (Å²) in [6, 6.07) is 4.65. The zero-order chi connectivity index (χ0) is 10.7. The van der Waals surface area contributed by atoms with Gasteiger partial charge in [-0.25, -0.2) is 4.39 Å². The topological polar surface area (TPSA) is 40.5 Å². The Bertz CT molecular complexity index is 317. The molecule has 1 aromatic carbocycles. The van der Waals surface area contributed by atoms with Crippen LogP contribution in [0.15, 0.2) is 18.2 Å². The summed E-state index contributed by atoms with van der Waals surface area (Å²) in [5, 5.41) is 18.8. The Hall–Kier alpha value is -0.640. The molecule has 0 aliphatic carbocycles. The van der Waals surface area contributed by atoms with Crippen molar-refractivity contribution in [3.8, 4) is 0 Å². The van der Waals surface area contributed by atoms with Crippen LogP contribution in [0.4, 0.5) is 4.39 Å². The van der Waals surface area contributed by atoms with Gasteiger partial charge >= 0.3 is 0 Å². The maximum atomic E-state index is 13.4. The van der Waals surface area contributed by atoms with Gasteiger partial charge in [-0.15, -0.1) is 11.6 Å². The molecule has 0 amide bonds. The monoisotopic (exact) mass is 218 g/mol. The number of aliphatic hydroxyl groups excluding tert-OH is 2. The zero-order valence-corrected chi connectivity index (χ0v) is 8.50. The molecule has 1 aromatic rings. The molecule has 2 atom stereocenters. The number of hydrogen-bond donors (Lipinski definition) is 2.